The fourth-order valence-electron chi connectivity index (χ4n) is 4.17. The molecule has 2 aliphatic rings. The van der Waals surface area contributed by atoms with E-state index in [1.54, 1.807) is 4.90 Å². The van der Waals surface area contributed by atoms with Crippen molar-refractivity contribution >= 4 is 25.7 Å². The Morgan fingerprint density at radius 2 is 2.00 bits per heavy atom. The summed E-state index contributed by atoms with van der Waals surface area (Å²) in [5, 5.41) is 28.6. The number of hydrogen-bond acceptors (Lipinski definition) is 10. The molecule has 0 amide bonds. The first-order valence-electron chi connectivity index (χ1n) is 10.1. The number of nitrogens with zero attached hydrogens (tertiary/aromatic N) is 4. The summed E-state index contributed by atoms with van der Waals surface area (Å²) < 4.78 is 59.9. The summed E-state index contributed by atoms with van der Waals surface area (Å²) in [5.74, 6) is -0.117. The van der Waals surface area contributed by atoms with E-state index in [0.29, 0.717) is 25.1 Å². The predicted molar refractivity (Wildman–Crippen MR) is 113 cm³/mol. The van der Waals surface area contributed by atoms with Gasteiger partial charge in [0.1, 0.15) is 9.79 Å². The number of sulfonamides is 2. The average molecular weight is 488 g/mol. The van der Waals surface area contributed by atoms with Crippen LogP contribution in [0, 0.1) is 0 Å². The normalized spacial score (nSPS) is 20.7. The molecule has 1 aromatic heterocycles. The number of nitrogens with two attached hydrogens (primary N) is 1. The molecule has 1 unspecified atom stereocenters. The summed E-state index contributed by atoms with van der Waals surface area (Å²) in [6.45, 7) is 0.675. The van der Waals surface area contributed by atoms with E-state index in [-0.39, 0.29) is 37.2 Å². The van der Waals surface area contributed by atoms with Crippen LogP contribution in [0.4, 0.5) is 5.69 Å². The Morgan fingerprint density at radius 3 is 2.62 bits per heavy atom. The van der Waals surface area contributed by atoms with Gasteiger partial charge in [-0.25, -0.2) is 26.7 Å². The van der Waals surface area contributed by atoms with Crippen molar-refractivity contribution in [3.8, 4) is 11.4 Å². The number of tetrazole rings is 1. The van der Waals surface area contributed by atoms with E-state index in [2.05, 4.69) is 25.3 Å². The molecule has 1 saturated carbocycles. The molecule has 2 fully saturated rings. The zero-order chi connectivity index (χ0) is 22.9. The second kappa shape index (κ2) is 8.99. The zero-order valence-corrected chi connectivity index (χ0v) is 18.8. The molecule has 1 aliphatic heterocycles. The van der Waals surface area contributed by atoms with Crippen LogP contribution in [0.2, 0.25) is 0 Å². The highest BCUT2D eigenvalue weighted by Crippen LogP contribution is 2.39. The van der Waals surface area contributed by atoms with E-state index in [4.69, 9.17) is 9.88 Å². The molecule has 5 N–H and O–H groups in total. The zero-order valence-electron chi connectivity index (χ0n) is 17.1. The molecular formula is C17H25N7O6S2. The lowest BCUT2D eigenvalue weighted by Gasteiger charge is -2.35. The Kier molecular flexibility index (Phi) is 6.46. The molecule has 1 aromatic carbocycles. The van der Waals surface area contributed by atoms with Crippen LogP contribution in [0.5, 0.6) is 0 Å². The van der Waals surface area contributed by atoms with Gasteiger partial charge in [0.05, 0.1) is 24.9 Å². The van der Waals surface area contributed by atoms with E-state index in [0.717, 1.165) is 12.8 Å². The van der Waals surface area contributed by atoms with Crippen LogP contribution in [0.15, 0.2) is 21.9 Å². The van der Waals surface area contributed by atoms with E-state index in [1.165, 1.54) is 12.1 Å². The van der Waals surface area contributed by atoms with Crippen LogP contribution in [0.25, 0.3) is 11.4 Å². The van der Waals surface area contributed by atoms with Gasteiger partial charge >= 0.3 is 0 Å². The van der Waals surface area contributed by atoms with Crippen molar-refractivity contribution in [1.29, 1.82) is 0 Å². The molecular weight excluding hydrogens is 462 g/mol. The topological polar surface area (TPSA) is 193 Å². The maximum Gasteiger partial charge on any atom is 0.242 e. The number of H-pyrrole nitrogens is 1. The Balaban J connectivity index is 1.90. The van der Waals surface area contributed by atoms with Gasteiger partial charge in [-0.3, -0.25) is 0 Å². The maximum absolute atomic E-state index is 13.2. The van der Waals surface area contributed by atoms with Crippen LogP contribution >= 0.6 is 0 Å². The summed E-state index contributed by atoms with van der Waals surface area (Å²) in [5.41, 5.74) is 0.270. The second-order valence-corrected chi connectivity index (χ2v) is 11.0. The van der Waals surface area contributed by atoms with Gasteiger partial charge in [-0.05, 0) is 30.2 Å². The van der Waals surface area contributed by atoms with Crippen molar-refractivity contribution in [1.82, 2.24) is 25.3 Å². The number of anilines is 1. The number of nitrogens with one attached hydrogen (secondary N) is 2. The number of hydrogen-bond donors (Lipinski definition) is 4. The van der Waals surface area contributed by atoms with Gasteiger partial charge in [0.25, 0.3) is 0 Å². The summed E-state index contributed by atoms with van der Waals surface area (Å²) in [7, 11) is -8.75. The first-order valence-corrected chi connectivity index (χ1v) is 13.2. The molecule has 0 spiro atoms. The third-order valence-corrected chi connectivity index (χ3v) is 8.29. The highest BCUT2D eigenvalue weighted by atomic mass is 32.2. The van der Waals surface area contributed by atoms with E-state index in [1.807, 2.05) is 0 Å². The SMILES string of the molecule is NS(=O)(=O)c1c(S(=O)(=O)NC2CCCC2)ccc(N2CCOC(CO)C2)c1-c1nn[nH]n1. The molecule has 0 bridgehead atoms. The molecule has 2 heterocycles. The largest absolute Gasteiger partial charge is 0.394 e. The van der Waals surface area contributed by atoms with Crippen LogP contribution in [0.1, 0.15) is 25.7 Å². The molecule has 32 heavy (non-hydrogen) atoms. The number of aliphatic hydroxyl groups is 1. The molecule has 2 aromatic rings. The highest BCUT2D eigenvalue weighted by Gasteiger charge is 2.35. The van der Waals surface area contributed by atoms with Crippen molar-refractivity contribution < 1.29 is 26.7 Å². The first kappa shape index (κ1) is 23.0. The third-order valence-electron chi connectivity index (χ3n) is 5.60. The van der Waals surface area contributed by atoms with Crippen LogP contribution < -0.4 is 14.8 Å². The van der Waals surface area contributed by atoms with Crippen molar-refractivity contribution in [2.45, 2.75) is 47.6 Å². The fraction of sp³-hybridized carbons (Fsp3) is 0.588. The number of aromatic amines is 1. The van der Waals surface area contributed by atoms with Gasteiger partial charge in [0.15, 0.2) is 0 Å². The van der Waals surface area contributed by atoms with Crippen LogP contribution in [-0.2, 0) is 24.8 Å². The number of benzene rings is 1. The van der Waals surface area contributed by atoms with Crippen molar-refractivity contribution in [2.24, 2.45) is 5.14 Å². The molecule has 1 aliphatic carbocycles. The molecule has 0 radical (unpaired) electrons. The molecule has 15 heteroatoms. The van der Waals surface area contributed by atoms with Gasteiger partial charge in [0.2, 0.25) is 25.9 Å². The van der Waals surface area contributed by atoms with E-state index in [9.17, 15) is 21.9 Å². The molecule has 1 atom stereocenters. The lowest BCUT2D eigenvalue weighted by atomic mass is 10.1. The number of aromatic nitrogens is 4. The molecule has 4 rings (SSSR count). The van der Waals surface area contributed by atoms with Gasteiger partial charge in [0, 0.05) is 24.8 Å². The first-order chi connectivity index (χ1) is 15.2. The van der Waals surface area contributed by atoms with Gasteiger partial charge in [-0.1, -0.05) is 12.8 Å². The molecule has 13 nitrogen and oxygen atoms in total. The lowest BCUT2D eigenvalue weighted by Crippen LogP contribution is -2.44. The van der Waals surface area contributed by atoms with E-state index < -0.39 is 35.9 Å². The highest BCUT2D eigenvalue weighted by molar-refractivity contribution is 7.92. The Hall–Kier alpha value is -2.17. The number of morpholine rings is 1. The second-order valence-electron chi connectivity index (χ2n) is 7.79. The monoisotopic (exact) mass is 487 g/mol. The van der Waals surface area contributed by atoms with Gasteiger partial charge < -0.3 is 14.7 Å². The number of ether oxygens (including phenoxy) is 1. The summed E-state index contributed by atoms with van der Waals surface area (Å²) in [4.78, 5) is 0.697. The summed E-state index contributed by atoms with van der Waals surface area (Å²) in [6, 6.07) is 2.44. The lowest BCUT2D eigenvalue weighted by molar-refractivity contribution is 0.00358. The van der Waals surface area contributed by atoms with Gasteiger partial charge in [-0.15, -0.1) is 10.2 Å². The number of aliphatic hydroxyl groups excluding tert-OH is 1. The predicted octanol–water partition coefficient (Wildman–Crippen LogP) is -1.07. The van der Waals surface area contributed by atoms with Crippen molar-refractivity contribution in [3.63, 3.8) is 0 Å². The van der Waals surface area contributed by atoms with Crippen molar-refractivity contribution in [2.75, 3.05) is 31.2 Å². The van der Waals surface area contributed by atoms with E-state index >= 15 is 0 Å². The maximum atomic E-state index is 13.2. The quantitative estimate of drug-likeness (QED) is 0.374. The Labute approximate surface area is 185 Å². The standard InChI is InChI=1S/C17H25N7O6S2/c18-31(26,27)16-14(32(28,29)21-11-3-1-2-4-11)6-5-13(15(16)17-19-22-23-20-17)24-7-8-30-12(9-24)10-25/h5-6,11-12,21,25H,1-4,7-10H2,(H2,18,26,27)(H,19,20,22,23). The van der Waals surface area contributed by atoms with Crippen LogP contribution in [-0.4, -0.2) is 81.0 Å². The molecule has 1 saturated heterocycles. The Bertz CT molecular complexity index is 1160. The summed E-state index contributed by atoms with van der Waals surface area (Å²) in [6.07, 6.45) is 2.65. The minimum atomic E-state index is -4.54. The van der Waals surface area contributed by atoms with Crippen molar-refractivity contribution in [3.05, 3.63) is 12.1 Å². The summed E-state index contributed by atoms with van der Waals surface area (Å²) >= 11 is 0. The Morgan fingerprint density at radius 1 is 1.25 bits per heavy atom. The fourth-order valence-corrected chi connectivity index (χ4v) is 7.07. The third kappa shape index (κ3) is 4.62. The number of primary sulfonamides is 1. The van der Waals surface area contributed by atoms with Crippen LogP contribution in [0.3, 0.4) is 0 Å². The minimum Gasteiger partial charge on any atom is -0.394 e. The molecule has 176 valence electrons. The number of rotatable bonds is 7. The smallest absolute Gasteiger partial charge is 0.242 e. The van der Waals surface area contributed by atoms with Gasteiger partial charge in [-0.2, -0.15) is 5.21 Å². The minimum absolute atomic E-state index is 0.0749. The average Bonchev–Trinajstić information content (AvgIpc) is 3.46.